The lowest BCUT2D eigenvalue weighted by molar-refractivity contribution is 0.0690. The molecular weight excluding hydrogens is 258 g/mol. The average molecular weight is 274 g/mol. The summed E-state index contributed by atoms with van der Waals surface area (Å²) in [6.07, 6.45) is 0.478. The molecule has 0 saturated carbocycles. The first kappa shape index (κ1) is 12.5. The maximum absolute atomic E-state index is 9.89. The standard InChI is InChI=1S/C11H16BrNO2/c1-11(14,7-13)6-8-5-9(12)3-4-10(8)15-2/h3-5,14H,6-7,13H2,1-2H3. The van der Waals surface area contributed by atoms with Gasteiger partial charge < -0.3 is 15.6 Å². The fourth-order valence-corrected chi connectivity index (χ4v) is 1.78. The van der Waals surface area contributed by atoms with Gasteiger partial charge in [-0.05, 0) is 30.7 Å². The van der Waals surface area contributed by atoms with Crippen LogP contribution in [-0.4, -0.2) is 24.4 Å². The normalized spacial score (nSPS) is 14.7. The predicted molar refractivity (Wildman–Crippen MR) is 64.1 cm³/mol. The van der Waals surface area contributed by atoms with Gasteiger partial charge in [0.25, 0.3) is 0 Å². The minimum Gasteiger partial charge on any atom is -0.496 e. The summed E-state index contributed by atoms with van der Waals surface area (Å²) in [4.78, 5) is 0. The molecule has 0 heterocycles. The quantitative estimate of drug-likeness (QED) is 0.878. The largest absolute Gasteiger partial charge is 0.496 e. The van der Waals surface area contributed by atoms with Crippen molar-refractivity contribution in [3.63, 3.8) is 0 Å². The number of hydrogen-bond acceptors (Lipinski definition) is 3. The van der Waals surface area contributed by atoms with E-state index in [2.05, 4.69) is 15.9 Å². The van der Waals surface area contributed by atoms with Crippen molar-refractivity contribution in [3.8, 4) is 5.75 Å². The lowest BCUT2D eigenvalue weighted by atomic mass is 9.96. The molecule has 15 heavy (non-hydrogen) atoms. The van der Waals surface area contributed by atoms with E-state index in [1.165, 1.54) is 0 Å². The Morgan fingerprint density at radius 1 is 1.53 bits per heavy atom. The minimum atomic E-state index is -0.895. The second-order valence-corrected chi connectivity index (χ2v) is 4.75. The van der Waals surface area contributed by atoms with Crippen molar-refractivity contribution < 1.29 is 9.84 Å². The van der Waals surface area contributed by atoms with Crippen LogP contribution in [0, 0.1) is 0 Å². The van der Waals surface area contributed by atoms with Crippen LogP contribution in [-0.2, 0) is 6.42 Å². The summed E-state index contributed by atoms with van der Waals surface area (Å²) in [7, 11) is 1.61. The van der Waals surface area contributed by atoms with Crippen LogP contribution in [0.3, 0.4) is 0 Å². The van der Waals surface area contributed by atoms with Crippen molar-refractivity contribution in [1.82, 2.24) is 0 Å². The number of rotatable bonds is 4. The van der Waals surface area contributed by atoms with Crippen LogP contribution in [0.1, 0.15) is 12.5 Å². The van der Waals surface area contributed by atoms with Gasteiger partial charge in [0.1, 0.15) is 5.75 Å². The van der Waals surface area contributed by atoms with Crippen LogP contribution in [0.15, 0.2) is 22.7 Å². The van der Waals surface area contributed by atoms with Gasteiger partial charge in [0, 0.05) is 17.4 Å². The van der Waals surface area contributed by atoms with E-state index in [-0.39, 0.29) is 6.54 Å². The van der Waals surface area contributed by atoms with Crippen molar-refractivity contribution in [2.75, 3.05) is 13.7 Å². The highest BCUT2D eigenvalue weighted by atomic mass is 79.9. The Bertz CT molecular complexity index is 339. The Kier molecular flexibility index (Phi) is 4.13. The average Bonchev–Trinajstić information content (AvgIpc) is 2.18. The highest BCUT2D eigenvalue weighted by Crippen LogP contribution is 2.26. The summed E-state index contributed by atoms with van der Waals surface area (Å²) in [5.74, 6) is 0.770. The molecule has 84 valence electrons. The molecule has 0 aliphatic heterocycles. The number of benzene rings is 1. The first-order valence-corrected chi connectivity index (χ1v) is 5.52. The zero-order chi connectivity index (χ0) is 11.5. The zero-order valence-electron chi connectivity index (χ0n) is 8.96. The van der Waals surface area contributed by atoms with Crippen molar-refractivity contribution in [3.05, 3.63) is 28.2 Å². The third-order valence-corrected chi connectivity index (χ3v) is 2.75. The van der Waals surface area contributed by atoms with E-state index in [1.807, 2.05) is 18.2 Å². The summed E-state index contributed by atoms with van der Waals surface area (Å²) in [5.41, 5.74) is 5.53. The molecule has 0 fully saturated rings. The molecule has 0 saturated heterocycles. The van der Waals surface area contributed by atoms with Crippen molar-refractivity contribution in [2.45, 2.75) is 18.9 Å². The van der Waals surface area contributed by atoms with Gasteiger partial charge in [-0.25, -0.2) is 0 Å². The second kappa shape index (κ2) is 4.96. The number of hydrogen-bond donors (Lipinski definition) is 2. The van der Waals surface area contributed by atoms with E-state index in [9.17, 15) is 5.11 Å². The summed E-state index contributed by atoms with van der Waals surface area (Å²) in [6, 6.07) is 5.70. The molecule has 3 N–H and O–H groups in total. The van der Waals surface area contributed by atoms with E-state index in [0.717, 1.165) is 15.8 Å². The highest BCUT2D eigenvalue weighted by molar-refractivity contribution is 9.10. The smallest absolute Gasteiger partial charge is 0.122 e. The summed E-state index contributed by atoms with van der Waals surface area (Å²) >= 11 is 3.39. The Morgan fingerprint density at radius 3 is 2.73 bits per heavy atom. The van der Waals surface area contributed by atoms with Gasteiger partial charge in [0.2, 0.25) is 0 Å². The van der Waals surface area contributed by atoms with Gasteiger partial charge in [-0.2, -0.15) is 0 Å². The predicted octanol–water partition coefficient (Wildman–Crippen LogP) is 1.71. The number of nitrogens with two attached hydrogens (primary N) is 1. The lowest BCUT2D eigenvalue weighted by Gasteiger charge is -2.22. The van der Waals surface area contributed by atoms with Gasteiger partial charge in [0.05, 0.1) is 12.7 Å². The third kappa shape index (κ3) is 3.48. The molecule has 1 rings (SSSR count). The topological polar surface area (TPSA) is 55.5 Å². The fourth-order valence-electron chi connectivity index (χ4n) is 1.37. The van der Waals surface area contributed by atoms with Crippen LogP contribution in [0.4, 0.5) is 0 Å². The minimum absolute atomic E-state index is 0.225. The summed E-state index contributed by atoms with van der Waals surface area (Å²) in [5, 5.41) is 9.89. The van der Waals surface area contributed by atoms with Crippen LogP contribution >= 0.6 is 15.9 Å². The first-order valence-electron chi connectivity index (χ1n) is 4.73. The fraction of sp³-hybridized carbons (Fsp3) is 0.455. The molecule has 1 aromatic carbocycles. The molecule has 3 nitrogen and oxygen atoms in total. The number of aliphatic hydroxyl groups is 1. The van der Waals surface area contributed by atoms with Gasteiger partial charge in [-0.3, -0.25) is 0 Å². The van der Waals surface area contributed by atoms with Gasteiger partial charge >= 0.3 is 0 Å². The molecule has 0 bridgehead atoms. The molecule has 4 heteroatoms. The molecule has 0 amide bonds. The number of ether oxygens (including phenoxy) is 1. The molecule has 0 aliphatic carbocycles. The summed E-state index contributed by atoms with van der Waals surface area (Å²) < 4.78 is 6.18. The molecule has 0 radical (unpaired) electrons. The van der Waals surface area contributed by atoms with Crippen LogP contribution in [0.5, 0.6) is 5.75 Å². The summed E-state index contributed by atoms with van der Waals surface area (Å²) in [6.45, 7) is 1.94. The zero-order valence-corrected chi connectivity index (χ0v) is 10.5. The maximum Gasteiger partial charge on any atom is 0.122 e. The molecule has 1 atom stereocenters. The van der Waals surface area contributed by atoms with Crippen LogP contribution in [0.25, 0.3) is 0 Å². The monoisotopic (exact) mass is 273 g/mol. The molecule has 1 aromatic rings. The Morgan fingerprint density at radius 2 is 2.20 bits per heavy atom. The van der Waals surface area contributed by atoms with Crippen molar-refractivity contribution in [2.24, 2.45) is 5.73 Å². The van der Waals surface area contributed by atoms with E-state index in [1.54, 1.807) is 14.0 Å². The lowest BCUT2D eigenvalue weighted by Crippen LogP contribution is -2.36. The van der Waals surface area contributed by atoms with Gasteiger partial charge in [-0.15, -0.1) is 0 Å². The molecular formula is C11H16BrNO2. The van der Waals surface area contributed by atoms with Gasteiger partial charge in [0.15, 0.2) is 0 Å². The van der Waals surface area contributed by atoms with E-state index in [0.29, 0.717) is 6.42 Å². The Hall–Kier alpha value is -0.580. The van der Waals surface area contributed by atoms with E-state index in [4.69, 9.17) is 10.5 Å². The Labute approximate surface area is 98.4 Å². The van der Waals surface area contributed by atoms with E-state index >= 15 is 0 Å². The van der Waals surface area contributed by atoms with E-state index < -0.39 is 5.60 Å². The highest BCUT2D eigenvalue weighted by Gasteiger charge is 2.20. The molecule has 0 aliphatic rings. The third-order valence-electron chi connectivity index (χ3n) is 2.25. The molecule has 1 unspecified atom stereocenters. The first-order chi connectivity index (χ1) is 6.98. The van der Waals surface area contributed by atoms with Gasteiger partial charge in [-0.1, -0.05) is 15.9 Å². The number of halogens is 1. The SMILES string of the molecule is COc1ccc(Br)cc1CC(C)(O)CN. The second-order valence-electron chi connectivity index (χ2n) is 3.83. The Balaban J connectivity index is 2.97. The maximum atomic E-state index is 9.89. The number of methoxy groups -OCH3 is 1. The van der Waals surface area contributed by atoms with Crippen LogP contribution < -0.4 is 10.5 Å². The molecule has 0 spiro atoms. The van der Waals surface area contributed by atoms with Crippen molar-refractivity contribution >= 4 is 15.9 Å². The van der Waals surface area contributed by atoms with Crippen molar-refractivity contribution in [1.29, 1.82) is 0 Å². The van der Waals surface area contributed by atoms with Crippen LogP contribution in [0.2, 0.25) is 0 Å². The molecule has 0 aromatic heterocycles.